The second kappa shape index (κ2) is 12.7. The number of rotatable bonds is 8. The molecule has 0 bridgehead atoms. The number of fused-ring (bicyclic) bond motifs is 1. The molecular formula is C33H39N7O6. The summed E-state index contributed by atoms with van der Waals surface area (Å²) in [6.45, 7) is 5.07. The van der Waals surface area contributed by atoms with E-state index in [4.69, 9.17) is 10.5 Å². The van der Waals surface area contributed by atoms with Gasteiger partial charge in [-0.15, -0.1) is 0 Å². The van der Waals surface area contributed by atoms with Crippen molar-refractivity contribution in [3.8, 4) is 5.75 Å². The number of nitrogens with two attached hydrogens (primary N) is 1. The molecule has 46 heavy (non-hydrogen) atoms. The highest BCUT2D eigenvalue weighted by atomic mass is 16.5. The highest BCUT2D eigenvalue weighted by Gasteiger charge is 2.46. The number of carbonyl (C=O) groups is 4. The lowest BCUT2D eigenvalue weighted by Gasteiger charge is -2.42. The number of ether oxygens (including phenoxy) is 1. The lowest BCUT2D eigenvalue weighted by molar-refractivity contribution is -0.136. The van der Waals surface area contributed by atoms with Gasteiger partial charge in [-0.3, -0.25) is 34.2 Å². The molecule has 3 amide bonds. The summed E-state index contributed by atoms with van der Waals surface area (Å²) < 4.78 is 6.87. The van der Waals surface area contributed by atoms with Crippen LogP contribution in [0.3, 0.4) is 0 Å². The fourth-order valence-corrected chi connectivity index (χ4v) is 7.29. The van der Waals surface area contributed by atoms with E-state index in [9.17, 15) is 24.0 Å². The van der Waals surface area contributed by atoms with Gasteiger partial charge in [-0.2, -0.15) is 5.10 Å². The zero-order valence-corrected chi connectivity index (χ0v) is 26.1. The van der Waals surface area contributed by atoms with Crippen LogP contribution in [-0.4, -0.2) is 84.6 Å². The van der Waals surface area contributed by atoms with Crippen LogP contribution < -0.4 is 32.0 Å². The number of piperazine rings is 1. The SMILES string of the molecule is COc1cccc(C(N)=O)c1C1(C(=O)CN2CCNCC2c2ccc3c(=O)n(C4CCC(=O)NC4=O)nc(C)c3c2)CCNCC1. The number of carbonyl (C=O) groups excluding carboxylic acids is 4. The van der Waals surface area contributed by atoms with Gasteiger partial charge in [0, 0.05) is 48.6 Å². The van der Waals surface area contributed by atoms with Gasteiger partial charge in [0.15, 0.2) is 5.78 Å². The number of methoxy groups -OCH3 is 1. The minimum atomic E-state index is -0.956. The van der Waals surface area contributed by atoms with Crippen molar-refractivity contribution in [1.82, 2.24) is 30.6 Å². The number of aromatic nitrogens is 2. The quantitative estimate of drug-likeness (QED) is 0.258. The van der Waals surface area contributed by atoms with Gasteiger partial charge in [0.05, 0.1) is 30.1 Å². The molecule has 242 valence electrons. The van der Waals surface area contributed by atoms with Crippen molar-refractivity contribution in [3.05, 3.63) is 69.1 Å². The Balaban J connectivity index is 1.34. The first-order valence-corrected chi connectivity index (χ1v) is 15.7. The molecule has 2 unspecified atom stereocenters. The van der Waals surface area contributed by atoms with E-state index < -0.39 is 28.8 Å². The first kappa shape index (κ1) is 31.5. The van der Waals surface area contributed by atoms with Crippen LogP contribution in [0.25, 0.3) is 10.8 Å². The Morgan fingerprint density at radius 3 is 2.54 bits per heavy atom. The van der Waals surface area contributed by atoms with E-state index in [1.54, 1.807) is 31.2 Å². The molecule has 0 aliphatic carbocycles. The van der Waals surface area contributed by atoms with Crippen LogP contribution in [0.4, 0.5) is 0 Å². The first-order chi connectivity index (χ1) is 22.1. The lowest BCUT2D eigenvalue weighted by atomic mass is 9.67. The van der Waals surface area contributed by atoms with Gasteiger partial charge in [0.25, 0.3) is 11.5 Å². The molecule has 2 aromatic carbocycles. The van der Waals surface area contributed by atoms with Crippen molar-refractivity contribution >= 4 is 34.3 Å². The third-order valence-corrected chi connectivity index (χ3v) is 9.70. The van der Waals surface area contributed by atoms with Crippen LogP contribution >= 0.6 is 0 Å². The fraction of sp³-hybridized carbons (Fsp3) is 0.455. The number of ketones is 1. The van der Waals surface area contributed by atoms with E-state index >= 15 is 0 Å². The number of benzene rings is 2. The molecule has 5 N–H and O–H groups in total. The Morgan fingerprint density at radius 1 is 1.04 bits per heavy atom. The van der Waals surface area contributed by atoms with Gasteiger partial charge in [0.2, 0.25) is 11.8 Å². The molecule has 3 aromatic rings. The van der Waals surface area contributed by atoms with Gasteiger partial charge in [0.1, 0.15) is 11.8 Å². The van der Waals surface area contributed by atoms with Gasteiger partial charge in [-0.05, 0) is 69.1 Å². The number of imide groups is 1. The Kier molecular flexibility index (Phi) is 8.73. The Bertz CT molecular complexity index is 1780. The zero-order chi connectivity index (χ0) is 32.6. The summed E-state index contributed by atoms with van der Waals surface area (Å²) in [5.74, 6) is -1.01. The molecule has 0 saturated carbocycles. The monoisotopic (exact) mass is 629 g/mol. The largest absolute Gasteiger partial charge is 0.496 e. The third kappa shape index (κ3) is 5.59. The van der Waals surface area contributed by atoms with Gasteiger partial charge in [-0.1, -0.05) is 12.1 Å². The maximum absolute atomic E-state index is 14.5. The molecule has 4 heterocycles. The third-order valence-electron chi connectivity index (χ3n) is 9.70. The van der Waals surface area contributed by atoms with Gasteiger partial charge in [-0.25, -0.2) is 4.68 Å². The van der Waals surface area contributed by atoms with Crippen LogP contribution in [-0.2, 0) is 19.8 Å². The van der Waals surface area contributed by atoms with Crippen LogP contribution in [0.2, 0.25) is 0 Å². The molecule has 3 aliphatic heterocycles. The van der Waals surface area contributed by atoms with Gasteiger partial charge >= 0.3 is 0 Å². The first-order valence-electron chi connectivity index (χ1n) is 15.7. The predicted octanol–water partition coefficient (Wildman–Crippen LogP) is 0.627. The molecular weight excluding hydrogens is 590 g/mol. The second-order valence-electron chi connectivity index (χ2n) is 12.3. The summed E-state index contributed by atoms with van der Waals surface area (Å²) in [5, 5.41) is 14.7. The molecule has 1 aromatic heterocycles. The fourth-order valence-electron chi connectivity index (χ4n) is 7.29. The average molecular weight is 630 g/mol. The summed E-state index contributed by atoms with van der Waals surface area (Å²) in [6.07, 6.45) is 1.36. The highest BCUT2D eigenvalue weighted by Crippen LogP contribution is 2.42. The maximum Gasteiger partial charge on any atom is 0.275 e. The van der Waals surface area contributed by atoms with E-state index in [0.717, 1.165) is 5.56 Å². The minimum Gasteiger partial charge on any atom is -0.496 e. The number of nitrogens with zero attached hydrogens (tertiary/aromatic N) is 3. The number of amides is 3. The maximum atomic E-state index is 14.5. The molecule has 13 nitrogen and oxygen atoms in total. The van der Waals surface area contributed by atoms with E-state index in [1.807, 2.05) is 12.1 Å². The standard InChI is InChI=1S/C33H39N7O6/c1-19-23-16-20(6-7-21(23)32(45)40(38-19)24-8-9-28(42)37-31(24)44)25-17-36-14-15-39(25)18-27(41)33(10-12-35-13-11-33)29-22(30(34)43)4-3-5-26(29)46-2/h3-7,16,24-25,35-36H,8-15,17-18H2,1-2H3,(H2,34,43)(H,37,42,44). The van der Waals surface area contributed by atoms with Crippen molar-refractivity contribution in [1.29, 1.82) is 0 Å². The Morgan fingerprint density at radius 2 is 1.83 bits per heavy atom. The van der Waals surface area contributed by atoms with Crippen LogP contribution in [0.5, 0.6) is 5.75 Å². The molecule has 0 spiro atoms. The molecule has 0 radical (unpaired) electrons. The molecule has 3 fully saturated rings. The summed E-state index contributed by atoms with van der Waals surface area (Å²) in [5.41, 5.74) is 6.82. The van der Waals surface area contributed by atoms with Crippen molar-refractivity contribution in [2.45, 2.75) is 50.1 Å². The van der Waals surface area contributed by atoms with Crippen molar-refractivity contribution in [2.75, 3.05) is 46.4 Å². The molecule has 3 saturated heterocycles. The molecule has 6 rings (SSSR count). The molecule has 2 atom stereocenters. The van der Waals surface area contributed by atoms with Crippen molar-refractivity contribution in [2.24, 2.45) is 5.73 Å². The predicted molar refractivity (Wildman–Crippen MR) is 170 cm³/mol. The molecule has 3 aliphatic rings. The number of aryl methyl sites for hydroxylation is 1. The minimum absolute atomic E-state index is 0.00124. The van der Waals surface area contributed by atoms with Crippen LogP contribution in [0.15, 0.2) is 41.2 Å². The Labute approximate surface area is 265 Å². The lowest BCUT2D eigenvalue weighted by Crippen LogP contribution is -2.53. The van der Waals surface area contributed by atoms with E-state index in [1.165, 1.54) is 11.8 Å². The highest BCUT2D eigenvalue weighted by molar-refractivity contribution is 6.01. The normalized spacial score (nSPS) is 22.0. The summed E-state index contributed by atoms with van der Waals surface area (Å²) in [6, 6.07) is 9.69. The van der Waals surface area contributed by atoms with E-state index in [-0.39, 0.29) is 37.1 Å². The number of primary amides is 1. The summed E-state index contributed by atoms with van der Waals surface area (Å²) >= 11 is 0. The number of hydrogen-bond donors (Lipinski definition) is 4. The topological polar surface area (TPSA) is 178 Å². The van der Waals surface area contributed by atoms with Crippen LogP contribution in [0.1, 0.15) is 64.9 Å². The van der Waals surface area contributed by atoms with E-state index in [2.05, 4.69) is 25.9 Å². The number of nitrogens with one attached hydrogen (secondary N) is 3. The average Bonchev–Trinajstić information content (AvgIpc) is 3.06. The Hall–Kier alpha value is -4.46. The smallest absolute Gasteiger partial charge is 0.275 e. The number of piperidine rings is 2. The van der Waals surface area contributed by atoms with Gasteiger partial charge < -0.3 is 21.1 Å². The zero-order valence-electron chi connectivity index (χ0n) is 26.1. The van der Waals surface area contributed by atoms with Crippen molar-refractivity contribution in [3.63, 3.8) is 0 Å². The van der Waals surface area contributed by atoms with Crippen LogP contribution in [0, 0.1) is 6.92 Å². The summed E-state index contributed by atoms with van der Waals surface area (Å²) in [7, 11) is 1.53. The van der Waals surface area contributed by atoms with Crippen molar-refractivity contribution < 1.29 is 23.9 Å². The van der Waals surface area contributed by atoms with E-state index in [0.29, 0.717) is 78.9 Å². The summed E-state index contributed by atoms with van der Waals surface area (Å²) in [4.78, 5) is 66.9. The number of Topliss-reactive ketones (excluding diaryl/α,β-unsaturated/α-hetero) is 1. The second-order valence-corrected chi connectivity index (χ2v) is 12.3. The number of hydrogen-bond acceptors (Lipinski definition) is 10. The molecule has 13 heteroatoms.